The van der Waals surface area contributed by atoms with Gasteiger partial charge in [0.05, 0.1) is 5.56 Å². The number of amides is 2. The highest BCUT2D eigenvalue weighted by molar-refractivity contribution is 6.03. The lowest BCUT2D eigenvalue weighted by Crippen LogP contribution is -2.34. The quantitative estimate of drug-likeness (QED) is 0.329. The lowest BCUT2D eigenvalue weighted by Gasteiger charge is -2.23. The molecule has 0 spiro atoms. The Hall–Kier alpha value is -3.95. The maximum atomic E-state index is 12.9. The van der Waals surface area contributed by atoms with Crippen LogP contribution in [-0.4, -0.2) is 28.0 Å². The molecular formula is C26H21ClF3N3O3. The van der Waals surface area contributed by atoms with E-state index in [4.69, 9.17) is 0 Å². The number of nitrogens with zero attached hydrogens (tertiary/aromatic N) is 1. The van der Waals surface area contributed by atoms with Gasteiger partial charge in [0.15, 0.2) is 0 Å². The number of alkyl halides is 3. The van der Waals surface area contributed by atoms with Crippen LogP contribution in [0.1, 0.15) is 22.3 Å². The highest BCUT2D eigenvalue weighted by atomic mass is 35.5. The third kappa shape index (κ3) is 6.18. The molecule has 0 fully saturated rings. The Morgan fingerprint density at radius 3 is 2.39 bits per heavy atom. The predicted molar refractivity (Wildman–Crippen MR) is 133 cm³/mol. The fourth-order valence-corrected chi connectivity index (χ4v) is 3.68. The number of carbonyl (C=O) groups excluding carboxylic acids is 2. The number of carbonyl (C=O) groups is 2. The number of nitrogens with one attached hydrogen (secondary N) is 2. The lowest BCUT2D eigenvalue weighted by molar-refractivity contribution is -0.137. The number of anilines is 2. The van der Waals surface area contributed by atoms with Crippen LogP contribution in [0.25, 0.3) is 5.57 Å². The molecule has 0 radical (unpaired) electrons. The second-order valence-corrected chi connectivity index (χ2v) is 7.78. The zero-order chi connectivity index (χ0) is 25.0. The monoisotopic (exact) mass is 515 g/mol. The summed E-state index contributed by atoms with van der Waals surface area (Å²) in [5, 5.41) is 15.2. The maximum Gasteiger partial charge on any atom is 0.416 e. The third-order valence-electron chi connectivity index (χ3n) is 5.42. The number of fused-ring (bicyclic) bond motifs is 1. The molecule has 0 saturated heterocycles. The number of aromatic nitrogens is 1. The molecule has 10 heteroatoms. The van der Waals surface area contributed by atoms with Gasteiger partial charge in [0, 0.05) is 41.8 Å². The molecule has 1 aliphatic heterocycles. The first-order chi connectivity index (χ1) is 16.7. The van der Waals surface area contributed by atoms with Gasteiger partial charge >= 0.3 is 6.18 Å². The molecule has 3 N–H and O–H groups in total. The molecule has 2 amide bonds. The SMILES string of the molecule is Cl.O=C(/C=C/C=C(\c1ccncc1)c1ccc(C(F)(F)F)cc1)Nc1cccc2c1CC(O)C(=O)N2. The van der Waals surface area contributed by atoms with Gasteiger partial charge in [-0.05, 0) is 53.1 Å². The van der Waals surface area contributed by atoms with Crippen LogP contribution in [0.5, 0.6) is 0 Å². The minimum Gasteiger partial charge on any atom is -0.383 e. The summed E-state index contributed by atoms with van der Waals surface area (Å²) in [6.45, 7) is 0. The summed E-state index contributed by atoms with van der Waals surface area (Å²) in [6, 6.07) is 13.2. The second-order valence-electron chi connectivity index (χ2n) is 7.78. The van der Waals surface area contributed by atoms with Crippen molar-refractivity contribution in [3.8, 4) is 0 Å². The van der Waals surface area contributed by atoms with Crippen LogP contribution in [0.15, 0.2) is 85.2 Å². The third-order valence-corrected chi connectivity index (χ3v) is 5.42. The molecule has 1 atom stereocenters. The number of halogens is 4. The average Bonchev–Trinajstić information content (AvgIpc) is 2.83. The summed E-state index contributed by atoms with van der Waals surface area (Å²) in [5.41, 5.74) is 2.69. The number of hydrogen-bond acceptors (Lipinski definition) is 4. The Morgan fingerprint density at radius 1 is 1.06 bits per heavy atom. The largest absolute Gasteiger partial charge is 0.416 e. The van der Waals surface area contributed by atoms with Crippen LogP contribution in [0.3, 0.4) is 0 Å². The Labute approximate surface area is 211 Å². The normalized spacial score (nSPS) is 15.6. The van der Waals surface area contributed by atoms with Crippen LogP contribution in [-0.2, 0) is 22.2 Å². The number of allylic oxidation sites excluding steroid dienone is 2. The zero-order valence-electron chi connectivity index (χ0n) is 18.6. The van der Waals surface area contributed by atoms with E-state index in [-0.39, 0.29) is 18.8 Å². The molecule has 1 unspecified atom stereocenters. The number of aliphatic hydroxyl groups excluding tert-OH is 1. The number of hydrogen-bond donors (Lipinski definition) is 3. The highest BCUT2D eigenvalue weighted by Crippen LogP contribution is 2.32. The van der Waals surface area contributed by atoms with Crippen molar-refractivity contribution in [1.29, 1.82) is 0 Å². The van der Waals surface area contributed by atoms with E-state index in [0.29, 0.717) is 33.6 Å². The van der Waals surface area contributed by atoms with E-state index in [2.05, 4.69) is 15.6 Å². The maximum absolute atomic E-state index is 12.9. The van der Waals surface area contributed by atoms with Crippen molar-refractivity contribution in [3.05, 3.63) is 107 Å². The van der Waals surface area contributed by atoms with Gasteiger partial charge < -0.3 is 15.7 Å². The molecule has 2 heterocycles. The minimum absolute atomic E-state index is 0. The topological polar surface area (TPSA) is 91.3 Å². The van der Waals surface area contributed by atoms with Crippen molar-refractivity contribution >= 4 is 41.2 Å². The van der Waals surface area contributed by atoms with E-state index in [0.717, 1.165) is 12.1 Å². The molecule has 2 aromatic carbocycles. The number of rotatable bonds is 5. The summed E-state index contributed by atoms with van der Waals surface area (Å²) >= 11 is 0. The van der Waals surface area contributed by atoms with Gasteiger partial charge in [0.25, 0.3) is 5.91 Å². The van der Waals surface area contributed by atoms with Crippen LogP contribution in [0.4, 0.5) is 24.5 Å². The standard InChI is InChI=1S/C26H20F3N3O3.ClH/c27-26(28,29)18-9-7-16(8-10-18)19(17-11-13-30-14-12-17)3-1-6-24(34)31-21-4-2-5-22-20(21)15-23(33)25(35)32-22;/h1-14,23,33H,15H2,(H,31,34)(H,32,35);1H/b6-1+,19-3-;. The Morgan fingerprint density at radius 2 is 1.72 bits per heavy atom. The van der Waals surface area contributed by atoms with Crippen LogP contribution < -0.4 is 10.6 Å². The van der Waals surface area contributed by atoms with Crippen molar-refractivity contribution in [2.75, 3.05) is 10.6 Å². The number of benzene rings is 2. The van der Waals surface area contributed by atoms with E-state index in [1.807, 2.05) is 0 Å². The molecule has 0 bridgehead atoms. The van der Waals surface area contributed by atoms with Gasteiger partial charge in [-0.2, -0.15) is 13.2 Å². The van der Waals surface area contributed by atoms with Gasteiger partial charge in [-0.1, -0.05) is 30.4 Å². The minimum atomic E-state index is -4.44. The Balaban J connectivity index is 0.00000361. The Kier molecular flexibility index (Phi) is 8.29. The molecule has 1 aromatic heterocycles. The summed E-state index contributed by atoms with van der Waals surface area (Å²) in [6.07, 6.45) is 1.96. The number of aliphatic hydroxyl groups is 1. The predicted octanol–water partition coefficient (Wildman–Crippen LogP) is 5.00. The van der Waals surface area contributed by atoms with Gasteiger partial charge in [0.1, 0.15) is 6.10 Å². The molecule has 0 aliphatic carbocycles. The molecule has 1 aliphatic rings. The van der Waals surface area contributed by atoms with Gasteiger partial charge in [-0.25, -0.2) is 0 Å². The van der Waals surface area contributed by atoms with E-state index in [9.17, 15) is 27.9 Å². The zero-order valence-corrected chi connectivity index (χ0v) is 19.4. The van der Waals surface area contributed by atoms with Gasteiger partial charge in [-0.15, -0.1) is 12.4 Å². The van der Waals surface area contributed by atoms with E-state index < -0.39 is 29.7 Å². The van der Waals surface area contributed by atoms with E-state index in [1.165, 1.54) is 24.3 Å². The molecule has 3 aromatic rings. The molecule has 36 heavy (non-hydrogen) atoms. The molecule has 0 saturated carbocycles. The summed E-state index contributed by atoms with van der Waals surface area (Å²) in [4.78, 5) is 28.2. The summed E-state index contributed by atoms with van der Waals surface area (Å²) in [7, 11) is 0. The molecular weight excluding hydrogens is 495 g/mol. The van der Waals surface area contributed by atoms with Crippen molar-refractivity contribution < 1.29 is 27.9 Å². The summed E-state index contributed by atoms with van der Waals surface area (Å²) < 4.78 is 38.8. The molecule has 186 valence electrons. The van der Waals surface area contributed by atoms with Crippen molar-refractivity contribution in [2.45, 2.75) is 18.7 Å². The fraction of sp³-hybridized carbons (Fsp3) is 0.115. The molecule has 6 nitrogen and oxygen atoms in total. The highest BCUT2D eigenvalue weighted by Gasteiger charge is 2.30. The van der Waals surface area contributed by atoms with Crippen LogP contribution in [0, 0.1) is 0 Å². The Bertz CT molecular complexity index is 1310. The average molecular weight is 516 g/mol. The van der Waals surface area contributed by atoms with E-state index in [1.54, 1.807) is 48.8 Å². The second kappa shape index (κ2) is 11.2. The van der Waals surface area contributed by atoms with Crippen LogP contribution >= 0.6 is 12.4 Å². The van der Waals surface area contributed by atoms with E-state index >= 15 is 0 Å². The van der Waals surface area contributed by atoms with Gasteiger partial charge in [-0.3, -0.25) is 14.6 Å². The smallest absolute Gasteiger partial charge is 0.383 e. The van der Waals surface area contributed by atoms with Crippen molar-refractivity contribution in [3.63, 3.8) is 0 Å². The first-order valence-corrected chi connectivity index (χ1v) is 10.6. The van der Waals surface area contributed by atoms with Gasteiger partial charge in [0.2, 0.25) is 5.91 Å². The van der Waals surface area contributed by atoms with Crippen molar-refractivity contribution in [1.82, 2.24) is 4.98 Å². The lowest BCUT2D eigenvalue weighted by atomic mass is 9.97. The number of pyridine rings is 1. The van der Waals surface area contributed by atoms with Crippen molar-refractivity contribution in [2.24, 2.45) is 0 Å². The first kappa shape index (κ1) is 26.7. The first-order valence-electron chi connectivity index (χ1n) is 10.6. The molecule has 4 rings (SSSR count). The fourth-order valence-electron chi connectivity index (χ4n) is 3.68. The summed E-state index contributed by atoms with van der Waals surface area (Å²) in [5.74, 6) is -0.958. The van der Waals surface area contributed by atoms with Crippen LogP contribution in [0.2, 0.25) is 0 Å².